The second-order valence-corrected chi connectivity index (χ2v) is 8.58. The molecule has 158 valence electrons. The highest BCUT2D eigenvalue weighted by Gasteiger charge is 2.18. The largest absolute Gasteiger partial charge is 0.493 e. The van der Waals surface area contributed by atoms with Crippen molar-refractivity contribution in [3.8, 4) is 27.8 Å². The Labute approximate surface area is 180 Å². The number of ether oxygens (including phenoxy) is 3. The zero-order chi connectivity index (χ0) is 21.7. The van der Waals surface area contributed by atoms with Crippen LogP contribution in [0, 0.1) is 0 Å². The molecule has 0 aliphatic carbocycles. The van der Waals surface area contributed by atoms with Gasteiger partial charge in [-0.25, -0.2) is 4.98 Å². The number of benzene rings is 2. The average molecular weight is 427 g/mol. The predicted octanol–water partition coefficient (Wildman–Crippen LogP) is 5.14. The van der Waals surface area contributed by atoms with Gasteiger partial charge >= 0.3 is 0 Å². The van der Waals surface area contributed by atoms with E-state index in [0.717, 1.165) is 16.3 Å². The molecule has 0 fully saturated rings. The first-order chi connectivity index (χ1) is 14.3. The molecule has 0 bridgehead atoms. The number of hydrogen-bond acceptors (Lipinski definition) is 6. The van der Waals surface area contributed by atoms with Gasteiger partial charge in [0.15, 0.2) is 18.1 Å². The highest BCUT2D eigenvalue weighted by molar-refractivity contribution is 7.13. The Kier molecular flexibility index (Phi) is 6.62. The number of amides is 1. The Morgan fingerprint density at radius 1 is 1.03 bits per heavy atom. The van der Waals surface area contributed by atoms with Crippen molar-refractivity contribution < 1.29 is 19.0 Å². The molecule has 0 atom stereocenters. The van der Waals surface area contributed by atoms with Crippen molar-refractivity contribution >= 4 is 22.9 Å². The number of nitrogens with zero attached hydrogens (tertiary/aromatic N) is 1. The van der Waals surface area contributed by atoms with Gasteiger partial charge in [0.05, 0.1) is 19.9 Å². The van der Waals surface area contributed by atoms with Crippen LogP contribution in [0.1, 0.15) is 26.5 Å². The summed E-state index contributed by atoms with van der Waals surface area (Å²) in [5.41, 5.74) is 2.74. The number of carbonyl (C=O) groups is 1. The summed E-state index contributed by atoms with van der Waals surface area (Å²) < 4.78 is 16.0. The molecule has 1 amide bonds. The van der Waals surface area contributed by atoms with Gasteiger partial charge in [-0.3, -0.25) is 4.79 Å². The first kappa shape index (κ1) is 21.6. The minimum absolute atomic E-state index is 0.0269. The number of anilines is 1. The summed E-state index contributed by atoms with van der Waals surface area (Å²) >= 11 is 1.63. The summed E-state index contributed by atoms with van der Waals surface area (Å²) in [6.07, 6.45) is 0. The van der Waals surface area contributed by atoms with Gasteiger partial charge in [-0.05, 0) is 36.4 Å². The van der Waals surface area contributed by atoms with Crippen molar-refractivity contribution in [3.05, 3.63) is 53.5 Å². The number of methoxy groups -OCH3 is 2. The molecule has 1 N–H and O–H groups in total. The summed E-state index contributed by atoms with van der Waals surface area (Å²) in [6, 6.07) is 12.8. The van der Waals surface area contributed by atoms with Crippen LogP contribution in [-0.2, 0) is 10.2 Å². The number of thiazole rings is 1. The fourth-order valence-electron chi connectivity index (χ4n) is 2.70. The van der Waals surface area contributed by atoms with E-state index >= 15 is 0 Å². The molecule has 3 rings (SSSR count). The first-order valence-electron chi connectivity index (χ1n) is 9.51. The van der Waals surface area contributed by atoms with Crippen LogP contribution in [0.15, 0.2) is 47.8 Å². The van der Waals surface area contributed by atoms with Crippen LogP contribution >= 0.6 is 11.3 Å². The van der Waals surface area contributed by atoms with Crippen molar-refractivity contribution in [1.82, 2.24) is 4.98 Å². The summed E-state index contributed by atoms with van der Waals surface area (Å²) in [4.78, 5) is 16.9. The maximum Gasteiger partial charge on any atom is 0.262 e. The molecular formula is C23H26N2O4S. The molecule has 2 aromatic carbocycles. The first-order valence-corrected chi connectivity index (χ1v) is 10.4. The van der Waals surface area contributed by atoms with E-state index < -0.39 is 0 Å². The molecule has 0 spiro atoms. The minimum Gasteiger partial charge on any atom is -0.493 e. The third-order valence-electron chi connectivity index (χ3n) is 4.41. The third-order valence-corrected chi connectivity index (χ3v) is 5.30. The molecule has 0 aliphatic rings. The molecule has 0 unspecified atom stereocenters. The maximum absolute atomic E-state index is 12.2. The second kappa shape index (κ2) is 9.17. The van der Waals surface area contributed by atoms with Crippen molar-refractivity contribution in [2.24, 2.45) is 0 Å². The van der Waals surface area contributed by atoms with E-state index in [-0.39, 0.29) is 17.9 Å². The molecular weight excluding hydrogens is 400 g/mol. The Morgan fingerprint density at radius 3 is 2.33 bits per heavy atom. The SMILES string of the molecule is COc1ccc(NC(=O)COc2ccc(-c3nc(C(C)(C)C)cs3)cc2)cc1OC. The maximum atomic E-state index is 12.2. The molecule has 1 aromatic heterocycles. The fourth-order valence-corrected chi connectivity index (χ4v) is 3.76. The quantitative estimate of drug-likeness (QED) is 0.566. The lowest BCUT2D eigenvalue weighted by Gasteiger charge is -2.14. The van der Waals surface area contributed by atoms with E-state index in [1.165, 1.54) is 0 Å². The van der Waals surface area contributed by atoms with Crippen LogP contribution in [0.3, 0.4) is 0 Å². The minimum atomic E-state index is -0.263. The lowest BCUT2D eigenvalue weighted by Crippen LogP contribution is -2.20. The van der Waals surface area contributed by atoms with Crippen LogP contribution in [0.5, 0.6) is 17.2 Å². The van der Waals surface area contributed by atoms with Crippen molar-refractivity contribution in [3.63, 3.8) is 0 Å². The molecule has 3 aromatic rings. The second-order valence-electron chi connectivity index (χ2n) is 7.72. The zero-order valence-corrected chi connectivity index (χ0v) is 18.6. The number of hydrogen-bond donors (Lipinski definition) is 1. The van der Waals surface area contributed by atoms with E-state index in [2.05, 4.69) is 31.5 Å². The van der Waals surface area contributed by atoms with E-state index in [0.29, 0.717) is 22.9 Å². The van der Waals surface area contributed by atoms with Crippen molar-refractivity contribution in [1.29, 1.82) is 0 Å². The Balaban J connectivity index is 1.57. The molecule has 0 radical (unpaired) electrons. The zero-order valence-electron chi connectivity index (χ0n) is 17.8. The molecule has 6 nitrogen and oxygen atoms in total. The Bertz CT molecular complexity index is 1010. The van der Waals surface area contributed by atoms with Gasteiger partial charge in [-0.1, -0.05) is 20.8 Å². The lowest BCUT2D eigenvalue weighted by atomic mass is 9.93. The number of carbonyl (C=O) groups excluding carboxylic acids is 1. The molecule has 7 heteroatoms. The van der Waals surface area contributed by atoms with E-state index in [4.69, 9.17) is 19.2 Å². The van der Waals surface area contributed by atoms with Gasteiger partial charge in [0, 0.05) is 28.1 Å². The molecule has 1 heterocycles. The van der Waals surface area contributed by atoms with Crippen molar-refractivity contribution in [2.45, 2.75) is 26.2 Å². The van der Waals surface area contributed by atoms with Gasteiger partial charge in [-0.15, -0.1) is 11.3 Å². The number of aromatic nitrogens is 1. The van der Waals surface area contributed by atoms with Crippen LogP contribution in [-0.4, -0.2) is 31.7 Å². The molecule has 0 saturated heterocycles. The molecule has 0 aliphatic heterocycles. The van der Waals surface area contributed by atoms with Gasteiger partial charge < -0.3 is 19.5 Å². The van der Waals surface area contributed by atoms with Crippen LogP contribution in [0.4, 0.5) is 5.69 Å². The van der Waals surface area contributed by atoms with E-state index in [1.807, 2.05) is 24.3 Å². The summed E-state index contributed by atoms with van der Waals surface area (Å²) in [6.45, 7) is 6.35. The van der Waals surface area contributed by atoms with Crippen molar-refractivity contribution in [2.75, 3.05) is 26.1 Å². The Hall–Kier alpha value is -3.06. The van der Waals surface area contributed by atoms with E-state index in [9.17, 15) is 4.79 Å². The van der Waals surface area contributed by atoms with Gasteiger partial charge in [-0.2, -0.15) is 0 Å². The Morgan fingerprint density at radius 2 is 1.73 bits per heavy atom. The highest BCUT2D eigenvalue weighted by atomic mass is 32.1. The third kappa shape index (κ3) is 5.30. The highest BCUT2D eigenvalue weighted by Crippen LogP contribution is 2.31. The summed E-state index contributed by atoms with van der Waals surface area (Å²) in [7, 11) is 3.11. The monoisotopic (exact) mass is 426 g/mol. The van der Waals surface area contributed by atoms with Gasteiger partial charge in [0.25, 0.3) is 5.91 Å². The lowest BCUT2D eigenvalue weighted by molar-refractivity contribution is -0.118. The molecule has 30 heavy (non-hydrogen) atoms. The summed E-state index contributed by atoms with van der Waals surface area (Å²) in [5, 5.41) is 5.85. The smallest absolute Gasteiger partial charge is 0.262 e. The number of rotatable bonds is 7. The molecule has 0 saturated carbocycles. The number of nitrogens with one attached hydrogen (secondary N) is 1. The van der Waals surface area contributed by atoms with Gasteiger partial charge in [0.1, 0.15) is 10.8 Å². The fraction of sp³-hybridized carbons (Fsp3) is 0.304. The summed E-state index contributed by atoms with van der Waals surface area (Å²) in [5.74, 6) is 1.50. The normalized spacial score (nSPS) is 11.1. The van der Waals surface area contributed by atoms with Crippen LogP contribution in [0.2, 0.25) is 0 Å². The predicted molar refractivity (Wildman–Crippen MR) is 120 cm³/mol. The topological polar surface area (TPSA) is 69.7 Å². The standard InChI is InChI=1S/C23H26N2O4S/c1-23(2,3)20-14-30-22(25-20)15-6-9-17(10-7-15)29-13-21(26)24-16-8-11-18(27-4)19(12-16)28-5/h6-12,14H,13H2,1-5H3,(H,24,26). The van der Waals surface area contributed by atoms with Crippen LogP contribution < -0.4 is 19.5 Å². The van der Waals surface area contributed by atoms with E-state index in [1.54, 1.807) is 43.8 Å². The van der Waals surface area contributed by atoms with Gasteiger partial charge in [0.2, 0.25) is 0 Å². The van der Waals surface area contributed by atoms with Crippen LogP contribution in [0.25, 0.3) is 10.6 Å². The average Bonchev–Trinajstić information content (AvgIpc) is 3.23.